The van der Waals surface area contributed by atoms with Crippen LogP contribution in [0, 0.1) is 42.4 Å². The summed E-state index contributed by atoms with van der Waals surface area (Å²) in [6.07, 6.45) is 3.14. The maximum Gasteiger partial charge on any atom is 0.312 e. The molecule has 3 aromatic rings. The molecule has 21 nitrogen and oxygen atoms in total. The van der Waals surface area contributed by atoms with Gasteiger partial charge in [0, 0.05) is 115 Å². The zero-order valence-electron chi connectivity index (χ0n) is 50.9. The molecular formula is C64H79N4O17P. The minimum atomic E-state index is -4.20. The third-order valence-corrected chi connectivity index (χ3v) is 18.9. The molecule has 3 aromatic carbocycles. The van der Waals surface area contributed by atoms with E-state index in [1.165, 1.54) is 58.2 Å². The van der Waals surface area contributed by atoms with Crippen LogP contribution in [0.5, 0.6) is 23.0 Å². The average molecular weight is 1210 g/mol. The zero-order chi connectivity index (χ0) is 63.2. The van der Waals surface area contributed by atoms with E-state index in [9.17, 15) is 49.1 Å². The quantitative estimate of drug-likeness (QED) is 0.0180. The second-order valence-electron chi connectivity index (χ2n) is 24.6. The van der Waals surface area contributed by atoms with Crippen LogP contribution in [-0.2, 0) is 38.6 Å². The Morgan fingerprint density at radius 3 is 2.28 bits per heavy atom. The SMILES string of the molecule is CC(=O)Oc1ccc(P(=O)(O)CC=O)cc1C(C)(C)CC(=O)O[C@H]1[C@H](C)[C@H](O)[C@H](C)[C@@H](O)[C@@H](C)/C=C/C=C(/C)C(=O)Nc2c3oc4cc(N5CCN(CC(C)C)CC5)cc(O)c4nc-3c3c4c(c(C)c(O)c3c2=O)O[C@](C)(O/C=C/[C@H](C)[C@H]1C)C4=O. The van der Waals surface area contributed by atoms with Gasteiger partial charge in [-0.05, 0) is 55.9 Å². The van der Waals surface area contributed by atoms with Crippen molar-refractivity contribution >= 4 is 75.8 Å². The van der Waals surface area contributed by atoms with Crippen LogP contribution in [-0.4, -0.2) is 128 Å². The summed E-state index contributed by atoms with van der Waals surface area (Å²) >= 11 is 0. The number of nitrogens with zero attached hydrogens (tertiary/aromatic N) is 3. The molecule has 0 saturated carbocycles. The van der Waals surface area contributed by atoms with Crippen molar-refractivity contribution in [3.05, 3.63) is 93.4 Å². The number of piperazine rings is 1. The van der Waals surface area contributed by atoms with E-state index in [2.05, 4.69) is 29.0 Å². The first kappa shape index (κ1) is 64.6. The van der Waals surface area contributed by atoms with Gasteiger partial charge in [-0.1, -0.05) is 80.5 Å². The molecule has 0 spiro atoms. The van der Waals surface area contributed by atoms with Crippen LogP contribution in [0.15, 0.2) is 75.7 Å². The van der Waals surface area contributed by atoms with Crippen LogP contribution in [0.25, 0.3) is 33.3 Å². The highest BCUT2D eigenvalue weighted by atomic mass is 31.2. The second kappa shape index (κ2) is 25.1. The molecule has 5 aliphatic heterocycles. The molecule has 86 heavy (non-hydrogen) atoms. The van der Waals surface area contributed by atoms with E-state index in [0.29, 0.717) is 31.0 Å². The normalized spacial score (nSPS) is 26.6. The number of aromatic nitrogens is 1. The van der Waals surface area contributed by atoms with Crippen molar-refractivity contribution in [3.63, 3.8) is 0 Å². The third-order valence-electron chi connectivity index (χ3n) is 17.1. The van der Waals surface area contributed by atoms with Gasteiger partial charge in [0.25, 0.3) is 11.7 Å². The van der Waals surface area contributed by atoms with Crippen molar-refractivity contribution < 1.29 is 77.2 Å². The lowest BCUT2D eigenvalue weighted by molar-refractivity contribution is -0.162. The predicted molar refractivity (Wildman–Crippen MR) is 325 cm³/mol. The number of benzene rings is 4. The number of ether oxygens (including phenoxy) is 4. The van der Waals surface area contributed by atoms with Crippen molar-refractivity contribution in [2.24, 2.45) is 35.5 Å². The van der Waals surface area contributed by atoms with E-state index < -0.39 is 119 Å². The molecule has 1 unspecified atom stereocenters. The Kier molecular flexibility index (Phi) is 18.9. The number of nitrogens with one attached hydrogen (secondary N) is 1. The Morgan fingerprint density at radius 1 is 0.942 bits per heavy atom. The first-order valence-electron chi connectivity index (χ1n) is 29.0. The molecule has 22 heteroatoms. The summed E-state index contributed by atoms with van der Waals surface area (Å²) in [6, 6.07) is 7.17. The number of carbonyl (C=O) groups excluding carboxylic acids is 5. The monoisotopic (exact) mass is 1210 g/mol. The molecule has 5 bridgehead atoms. The molecule has 462 valence electrons. The number of rotatable bonds is 11. The fraction of sp³-hybridized carbons (Fsp3) is 0.484. The van der Waals surface area contributed by atoms with Gasteiger partial charge in [0.1, 0.15) is 52.3 Å². The van der Waals surface area contributed by atoms with Crippen molar-refractivity contribution in [1.29, 1.82) is 0 Å². The molecule has 1 amide bonds. The number of anilines is 2. The van der Waals surface area contributed by atoms with Gasteiger partial charge < -0.3 is 63.7 Å². The van der Waals surface area contributed by atoms with E-state index in [1.54, 1.807) is 78.8 Å². The van der Waals surface area contributed by atoms with Gasteiger partial charge in [-0.2, -0.15) is 0 Å². The van der Waals surface area contributed by atoms with Crippen LogP contribution >= 0.6 is 7.37 Å². The minimum absolute atomic E-state index is 0.00849. The average Bonchev–Trinajstić information content (AvgIpc) is 1.36. The molecule has 10 atom stereocenters. The van der Waals surface area contributed by atoms with Gasteiger partial charge in [-0.25, -0.2) is 4.98 Å². The number of aldehydes is 1. The van der Waals surface area contributed by atoms with Gasteiger partial charge >= 0.3 is 17.7 Å². The number of phenols is 2. The number of esters is 2. The number of aliphatic hydroxyl groups is 2. The van der Waals surface area contributed by atoms with Crippen LogP contribution in [0.3, 0.4) is 0 Å². The van der Waals surface area contributed by atoms with Crippen LogP contribution in [0.1, 0.15) is 111 Å². The van der Waals surface area contributed by atoms with Crippen LogP contribution < -0.4 is 30.4 Å². The second-order valence-corrected chi connectivity index (χ2v) is 26.9. The number of aliphatic hydroxyl groups excluding tert-OH is 2. The first-order valence-corrected chi connectivity index (χ1v) is 30.8. The predicted octanol–water partition coefficient (Wildman–Crippen LogP) is 8.42. The van der Waals surface area contributed by atoms with Crippen molar-refractivity contribution in [2.75, 3.05) is 49.1 Å². The Labute approximate surface area is 499 Å². The number of Topliss-reactive ketones (excluding diaryl/α,β-unsaturated/α-hetero) is 1. The van der Waals surface area contributed by atoms with E-state index in [-0.39, 0.29) is 79.2 Å². The number of carbonyl (C=O) groups is 5. The molecule has 1 saturated heterocycles. The van der Waals surface area contributed by atoms with E-state index in [0.717, 1.165) is 19.6 Å². The van der Waals surface area contributed by atoms with Crippen molar-refractivity contribution in [2.45, 2.75) is 126 Å². The summed E-state index contributed by atoms with van der Waals surface area (Å²) in [5, 5.41) is 49.7. The summed E-state index contributed by atoms with van der Waals surface area (Å²) in [6.45, 7) is 25.5. The topological polar surface area (TPSA) is 302 Å². The lowest BCUT2D eigenvalue weighted by Gasteiger charge is -2.38. The summed E-state index contributed by atoms with van der Waals surface area (Å²) in [5.41, 5.74) is -2.01. The molecule has 5 heterocycles. The molecule has 1 fully saturated rings. The number of hydrogen-bond donors (Lipinski definition) is 6. The highest BCUT2D eigenvalue weighted by Gasteiger charge is 2.50. The minimum Gasteiger partial charge on any atom is -0.507 e. The number of ketones is 1. The number of amides is 1. The summed E-state index contributed by atoms with van der Waals surface area (Å²) in [4.78, 5) is 103. The lowest BCUT2D eigenvalue weighted by Crippen LogP contribution is -2.47. The standard InChI is InChI=1S/C64H79N4O17P/c1-32(2)31-67-20-22-68(23-21-67)41-27-44(71)51-46(28-41)83-60-52(65-51)48-49-56(75)39(9)59-50(48)61(77)64(13,85-59)81-25-19-33(3)36(6)58(38(8)55(74)37(7)54(73)34(4)15-14-16-35(5)62(78)66-53(60)57(49)76)84-47(72)30-63(11,12)43-29-42(86(79,80)26-24-69)17-18-45(43)82-40(10)70/h14-19,24-25,27-29,32-34,36-38,54-55,58,71,73-75H,20-23,26,30-31H2,1-13H3,(H,66,78)(H,79,80)/b15-14+,25-19+,35-16-/t33-,34-,36+,37+,38+,54-,55+,58+,64-/m0/s1. The lowest BCUT2D eigenvalue weighted by atomic mass is 9.76. The molecule has 0 aromatic heterocycles. The van der Waals surface area contributed by atoms with E-state index in [4.69, 9.17) is 28.3 Å². The molecule has 1 aliphatic carbocycles. The number of fused-ring (bicyclic) bond motifs is 14. The maximum atomic E-state index is 15.1. The van der Waals surface area contributed by atoms with Crippen LogP contribution in [0.2, 0.25) is 0 Å². The van der Waals surface area contributed by atoms with Gasteiger partial charge in [0.15, 0.2) is 11.3 Å². The molecule has 9 rings (SSSR count). The smallest absolute Gasteiger partial charge is 0.312 e. The fourth-order valence-corrected chi connectivity index (χ4v) is 12.9. The summed E-state index contributed by atoms with van der Waals surface area (Å²) in [7, 11) is -4.20. The van der Waals surface area contributed by atoms with Crippen molar-refractivity contribution in [1.82, 2.24) is 9.88 Å². The summed E-state index contributed by atoms with van der Waals surface area (Å²) in [5.74, 6) is -9.51. The Bertz CT molecular complexity index is 3670. The first-order chi connectivity index (χ1) is 40.3. The van der Waals surface area contributed by atoms with Crippen LogP contribution in [0.4, 0.5) is 11.4 Å². The van der Waals surface area contributed by atoms with Gasteiger partial charge in [-0.3, -0.25) is 33.4 Å². The highest BCUT2D eigenvalue weighted by Crippen LogP contribution is 2.51. The Morgan fingerprint density at radius 2 is 1.63 bits per heavy atom. The highest BCUT2D eigenvalue weighted by molar-refractivity contribution is 7.66. The number of allylic oxidation sites excluding steroid dienone is 3. The van der Waals surface area contributed by atoms with Gasteiger partial charge in [0.2, 0.25) is 12.8 Å². The molecule has 6 aliphatic rings. The van der Waals surface area contributed by atoms with E-state index in [1.807, 2.05) is 0 Å². The zero-order valence-corrected chi connectivity index (χ0v) is 51.8. The fourth-order valence-electron chi connectivity index (χ4n) is 11.8. The molecule has 0 radical (unpaired) electrons. The molecule has 6 N–H and O–H groups in total. The van der Waals surface area contributed by atoms with Gasteiger partial charge in [-0.15, -0.1) is 0 Å². The largest absolute Gasteiger partial charge is 0.507 e. The van der Waals surface area contributed by atoms with E-state index >= 15 is 9.59 Å². The Balaban J connectivity index is 1.21. The number of hydrogen-bond acceptors (Lipinski definition) is 19. The Hall–Kier alpha value is -7.42. The third kappa shape index (κ3) is 12.8. The number of aromatic hydroxyl groups is 2. The number of phenolic OH excluding ortho intramolecular Hbond substituents is 2. The van der Waals surface area contributed by atoms with Gasteiger partial charge in [0.05, 0.1) is 42.0 Å². The summed E-state index contributed by atoms with van der Waals surface area (Å²) < 4.78 is 44.1. The maximum absolute atomic E-state index is 15.1. The molecular weight excluding hydrogens is 1130 g/mol. The van der Waals surface area contributed by atoms with Crippen molar-refractivity contribution in [3.8, 4) is 34.5 Å².